The monoisotopic (exact) mass is 194 g/mol. The normalized spacial score (nSPS) is 63.8. The van der Waals surface area contributed by atoms with Crippen LogP contribution >= 0.6 is 0 Å². The molecule has 0 amide bonds. The first-order valence-corrected chi connectivity index (χ1v) is 5.64. The van der Waals surface area contributed by atoms with Crippen LogP contribution < -0.4 is 0 Å². The molecule has 3 saturated carbocycles. The molecular weight excluding hydrogens is 180 g/mol. The summed E-state index contributed by atoms with van der Waals surface area (Å²) in [5.41, 5.74) is 0. The fourth-order valence-corrected chi connectivity index (χ4v) is 4.40. The van der Waals surface area contributed by atoms with Gasteiger partial charge in [0, 0.05) is 11.8 Å². The molecule has 0 radical (unpaired) electrons. The highest BCUT2D eigenvalue weighted by Gasteiger charge is 2.67. The number of aliphatic hydroxyl groups is 1. The maximum Gasteiger partial charge on any atom is 0.142 e. The minimum absolute atomic E-state index is 0.0524. The van der Waals surface area contributed by atoms with Crippen LogP contribution in [0, 0.1) is 23.7 Å². The van der Waals surface area contributed by atoms with Gasteiger partial charge in [0.15, 0.2) is 0 Å². The molecule has 0 aromatic heterocycles. The van der Waals surface area contributed by atoms with Crippen LogP contribution in [-0.2, 0) is 9.53 Å². The zero-order valence-corrected chi connectivity index (χ0v) is 7.93. The molecule has 7 unspecified atom stereocenters. The topological polar surface area (TPSA) is 46.5 Å². The fraction of sp³-hybridized carbons (Fsp3) is 0.909. The molecule has 3 heteroatoms. The summed E-state index contributed by atoms with van der Waals surface area (Å²) in [6, 6.07) is 0. The maximum absolute atomic E-state index is 12.0. The minimum atomic E-state index is -0.283. The summed E-state index contributed by atoms with van der Waals surface area (Å²) in [6.45, 7) is 0. The Morgan fingerprint density at radius 2 is 2.21 bits per heavy atom. The van der Waals surface area contributed by atoms with Gasteiger partial charge in [-0.05, 0) is 25.2 Å². The Bertz CT molecular complexity index is 314. The lowest BCUT2D eigenvalue weighted by molar-refractivity contribution is -0.145. The lowest BCUT2D eigenvalue weighted by Crippen LogP contribution is -2.51. The largest absolute Gasteiger partial charge is 0.393 e. The van der Waals surface area contributed by atoms with Gasteiger partial charge >= 0.3 is 0 Å². The summed E-state index contributed by atoms with van der Waals surface area (Å²) < 4.78 is 5.88. The molecule has 1 N–H and O–H groups in total. The number of aliphatic hydroxyl groups excluding tert-OH is 1. The van der Waals surface area contributed by atoms with E-state index in [2.05, 4.69) is 0 Å². The lowest BCUT2D eigenvalue weighted by Gasteiger charge is -2.44. The van der Waals surface area contributed by atoms with E-state index < -0.39 is 0 Å². The van der Waals surface area contributed by atoms with E-state index in [1.54, 1.807) is 0 Å². The van der Waals surface area contributed by atoms with Crippen molar-refractivity contribution in [3.63, 3.8) is 0 Å². The zero-order chi connectivity index (χ0) is 9.45. The van der Waals surface area contributed by atoms with Crippen LogP contribution in [0.25, 0.3) is 0 Å². The second-order valence-electron chi connectivity index (χ2n) is 5.30. The molecule has 2 saturated heterocycles. The number of carbonyl (C=O) groups excluding carboxylic acids is 1. The van der Waals surface area contributed by atoms with Crippen molar-refractivity contribution in [2.45, 2.75) is 37.6 Å². The predicted molar refractivity (Wildman–Crippen MR) is 47.5 cm³/mol. The summed E-state index contributed by atoms with van der Waals surface area (Å²) in [5, 5.41) is 9.92. The van der Waals surface area contributed by atoms with Gasteiger partial charge in [0.2, 0.25) is 0 Å². The Morgan fingerprint density at radius 3 is 3.07 bits per heavy atom. The minimum Gasteiger partial charge on any atom is -0.393 e. The molecule has 0 aromatic carbocycles. The third kappa shape index (κ3) is 0.654. The Balaban J connectivity index is 1.86. The van der Waals surface area contributed by atoms with E-state index in [4.69, 9.17) is 4.74 Å². The number of hydrogen-bond donors (Lipinski definition) is 1. The number of hydrogen-bond acceptors (Lipinski definition) is 3. The molecule has 76 valence electrons. The Morgan fingerprint density at radius 1 is 1.36 bits per heavy atom. The van der Waals surface area contributed by atoms with Crippen molar-refractivity contribution in [3.8, 4) is 0 Å². The fourth-order valence-electron chi connectivity index (χ4n) is 4.40. The van der Waals surface area contributed by atoms with E-state index in [-0.39, 0.29) is 36.1 Å². The van der Waals surface area contributed by atoms with Crippen molar-refractivity contribution >= 4 is 5.78 Å². The molecule has 6 bridgehead atoms. The van der Waals surface area contributed by atoms with Crippen LogP contribution in [0.4, 0.5) is 0 Å². The second-order valence-corrected chi connectivity index (χ2v) is 5.30. The van der Waals surface area contributed by atoms with Gasteiger partial charge in [-0.25, -0.2) is 0 Å². The molecule has 0 aromatic rings. The third-order valence-corrected chi connectivity index (χ3v) is 4.89. The van der Waals surface area contributed by atoms with Crippen molar-refractivity contribution in [2.75, 3.05) is 0 Å². The van der Waals surface area contributed by atoms with Gasteiger partial charge in [0.25, 0.3) is 0 Å². The Labute approximate surface area is 82.4 Å². The molecule has 5 rings (SSSR count). The molecule has 3 aliphatic carbocycles. The molecule has 0 spiro atoms. The maximum atomic E-state index is 12.0. The Kier molecular flexibility index (Phi) is 1.24. The highest BCUT2D eigenvalue weighted by atomic mass is 16.5. The number of rotatable bonds is 0. The van der Waals surface area contributed by atoms with Gasteiger partial charge in [0.05, 0.1) is 24.2 Å². The molecule has 2 heterocycles. The number of ketones is 1. The van der Waals surface area contributed by atoms with E-state index in [0.29, 0.717) is 11.7 Å². The summed E-state index contributed by atoms with van der Waals surface area (Å²) >= 11 is 0. The van der Waals surface area contributed by atoms with Crippen LogP contribution in [0.5, 0.6) is 0 Å². The van der Waals surface area contributed by atoms with E-state index in [1.807, 2.05) is 0 Å². The number of Topliss-reactive ketones (excluding diaryl/α,β-unsaturated/α-hetero) is 1. The molecule has 5 fully saturated rings. The third-order valence-electron chi connectivity index (χ3n) is 4.89. The average molecular weight is 194 g/mol. The summed E-state index contributed by atoms with van der Waals surface area (Å²) in [7, 11) is 0. The first-order chi connectivity index (χ1) is 6.77. The summed E-state index contributed by atoms with van der Waals surface area (Å²) in [4.78, 5) is 12.0. The summed E-state index contributed by atoms with van der Waals surface area (Å²) in [6.07, 6.45) is 2.89. The van der Waals surface area contributed by atoms with Crippen LogP contribution in [0.2, 0.25) is 0 Å². The number of ether oxygens (including phenoxy) is 1. The van der Waals surface area contributed by atoms with Gasteiger partial charge in [-0.3, -0.25) is 4.79 Å². The first kappa shape index (κ1) is 7.83. The van der Waals surface area contributed by atoms with Gasteiger partial charge < -0.3 is 9.84 Å². The van der Waals surface area contributed by atoms with Gasteiger partial charge in [0.1, 0.15) is 5.78 Å². The van der Waals surface area contributed by atoms with Crippen molar-refractivity contribution in [3.05, 3.63) is 0 Å². The van der Waals surface area contributed by atoms with E-state index in [9.17, 15) is 9.90 Å². The van der Waals surface area contributed by atoms with Crippen molar-refractivity contribution in [1.82, 2.24) is 0 Å². The second kappa shape index (κ2) is 2.22. The molecule has 3 nitrogen and oxygen atoms in total. The quantitative estimate of drug-likeness (QED) is 0.605. The van der Waals surface area contributed by atoms with Crippen LogP contribution in [0.3, 0.4) is 0 Å². The van der Waals surface area contributed by atoms with Crippen LogP contribution in [0.1, 0.15) is 19.3 Å². The van der Waals surface area contributed by atoms with Crippen molar-refractivity contribution in [2.24, 2.45) is 23.7 Å². The van der Waals surface area contributed by atoms with Crippen LogP contribution in [0.15, 0.2) is 0 Å². The summed E-state index contributed by atoms with van der Waals surface area (Å²) in [5.74, 6) is 1.32. The zero-order valence-electron chi connectivity index (χ0n) is 7.93. The SMILES string of the molecule is O=C1C2CC3OC4C2CCC(O)C4C13. The van der Waals surface area contributed by atoms with Gasteiger partial charge in [-0.15, -0.1) is 0 Å². The lowest BCUT2D eigenvalue weighted by atomic mass is 9.63. The Hall–Kier alpha value is -0.410. The smallest absolute Gasteiger partial charge is 0.142 e. The molecule has 5 aliphatic rings. The predicted octanol–water partition coefficient (Wildman–Crippen LogP) is 0.360. The van der Waals surface area contributed by atoms with Crippen LogP contribution in [-0.4, -0.2) is 29.2 Å². The van der Waals surface area contributed by atoms with Crippen molar-refractivity contribution in [1.29, 1.82) is 0 Å². The molecule has 7 atom stereocenters. The molecule has 14 heavy (non-hydrogen) atoms. The van der Waals surface area contributed by atoms with Gasteiger partial charge in [-0.2, -0.15) is 0 Å². The standard InChI is InChI=1S/C11H14O3/c12-6-2-1-4-5-3-7-9(10(5)13)8(6)11(4)14-7/h4-9,11-12H,1-3H2. The number of carbonyl (C=O) groups is 1. The van der Waals surface area contributed by atoms with E-state index >= 15 is 0 Å². The first-order valence-electron chi connectivity index (χ1n) is 5.64. The molecule has 2 aliphatic heterocycles. The van der Waals surface area contributed by atoms with E-state index in [1.165, 1.54) is 0 Å². The molecular formula is C11H14O3. The highest BCUT2D eigenvalue weighted by Crippen LogP contribution is 2.59. The van der Waals surface area contributed by atoms with E-state index in [0.717, 1.165) is 19.3 Å². The van der Waals surface area contributed by atoms with Crippen molar-refractivity contribution < 1.29 is 14.6 Å². The van der Waals surface area contributed by atoms with Gasteiger partial charge in [-0.1, -0.05) is 0 Å². The highest BCUT2D eigenvalue weighted by molar-refractivity contribution is 5.89. The average Bonchev–Trinajstić information content (AvgIpc) is 2.62.